The molecule has 0 bridgehead atoms. The van der Waals surface area contributed by atoms with Crippen LogP contribution >= 0.6 is 11.3 Å². The second-order valence-electron chi connectivity index (χ2n) is 3.16. The number of carbonyl (C=O) groups is 1. The summed E-state index contributed by atoms with van der Waals surface area (Å²) in [7, 11) is 0. The van der Waals surface area contributed by atoms with Gasteiger partial charge in [0, 0.05) is 12.8 Å². The van der Waals surface area contributed by atoms with Crippen LogP contribution in [0.2, 0.25) is 0 Å². The van der Waals surface area contributed by atoms with Crippen molar-refractivity contribution in [2.24, 2.45) is 0 Å². The van der Waals surface area contributed by atoms with Gasteiger partial charge in [-0.1, -0.05) is 0 Å². The predicted octanol–water partition coefficient (Wildman–Crippen LogP) is 2.12. The molecule has 0 aliphatic rings. The van der Waals surface area contributed by atoms with E-state index < -0.39 is 11.4 Å². The van der Waals surface area contributed by atoms with Gasteiger partial charge in [-0.3, -0.25) is 4.79 Å². The summed E-state index contributed by atoms with van der Waals surface area (Å²) < 4.78 is 0. The molecule has 0 spiro atoms. The van der Waals surface area contributed by atoms with Gasteiger partial charge in [-0.2, -0.15) is 11.3 Å². The Morgan fingerprint density at radius 1 is 1.47 bits per heavy atom. The van der Waals surface area contributed by atoms with E-state index >= 15 is 0 Å². The fourth-order valence-corrected chi connectivity index (χ4v) is 2.18. The molecule has 76 valence electrons. The van der Waals surface area contributed by atoms with E-state index in [0.29, 0.717) is 5.56 Å². The predicted molar refractivity (Wildman–Crippen MR) is 60.5 cm³/mol. The fourth-order valence-electron chi connectivity index (χ4n) is 1.43. The Kier molecular flexibility index (Phi) is 3.55. The summed E-state index contributed by atoms with van der Waals surface area (Å²) in [6, 6.07) is 1.76. The van der Waals surface area contributed by atoms with Crippen LogP contribution in [-0.4, -0.2) is 11.1 Å². The normalized spacial score (nSPS) is 10.3. The summed E-state index contributed by atoms with van der Waals surface area (Å²) in [5, 5.41) is 12.9. The van der Waals surface area contributed by atoms with Crippen molar-refractivity contribution in [3.8, 4) is 24.7 Å². The minimum Gasteiger partial charge on any atom is -0.481 e. The number of hydrogen-bond acceptors (Lipinski definition) is 2. The van der Waals surface area contributed by atoms with Gasteiger partial charge in [-0.05, 0) is 22.4 Å². The third-order valence-electron chi connectivity index (χ3n) is 2.29. The first-order valence-corrected chi connectivity index (χ1v) is 5.24. The third kappa shape index (κ3) is 2.03. The van der Waals surface area contributed by atoms with Crippen molar-refractivity contribution in [3.63, 3.8) is 0 Å². The van der Waals surface area contributed by atoms with Crippen LogP contribution in [0.5, 0.6) is 0 Å². The molecule has 2 nitrogen and oxygen atoms in total. The molecule has 0 aliphatic heterocycles. The van der Waals surface area contributed by atoms with Crippen molar-refractivity contribution in [1.29, 1.82) is 0 Å². The molecule has 0 saturated heterocycles. The molecule has 0 radical (unpaired) electrons. The van der Waals surface area contributed by atoms with Gasteiger partial charge >= 0.3 is 5.97 Å². The highest BCUT2D eigenvalue weighted by Gasteiger charge is 2.39. The number of terminal acetylenes is 2. The highest BCUT2D eigenvalue weighted by molar-refractivity contribution is 7.08. The number of carboxylic acid groups (broad SMARTS) is 1. The Morgan fingerprint density at radius 2 is 2.07 bits per heavy atom. The second kappa shape index (κ2) is 4.68. The van der Waals surface area contributed by atoms with E-state index in [1.54, 1.807) is 11.4 Å². The zero-order valence-corrected chi connectivity index (χ0v) is 8.88. The van der Waals surface area contributed by atoms with Crippen LogP contribution in [0, 0.1) is 24.7 Å². The zero-order chi connectivity index (χ0) is 11.3. The lowest BCUT2D eigenvalue weighted by molar-refractivity contribution is -0.143. The fraction of sp³-hybridized carbons (Fsp3) is 0.250. The molecule has 1 rings (SSSR count). The molecule has 0 aliphatic carbocycles. The first-order chi connectivity index (χ1) is 7.17. The maximum Gasteiger partial charge on any atom is 0.316 e. The van der Waals surface area contributed by atoms with E-state index in [9.17, 15) is 9.90 Å². The molecule has 0 amide bonds. The van der Waals surface area contributed by atoms with E-state index in [1.807, 2.05) is 5.38 Å². The maximum atomic E-state index is 11.3. The van der Waals surface area contributed by atoms with Crippen LogP contribution in [0.15, 0.2) is 16.8 Å². The van der Waals surface area contributed by atoms with Crippen LogP contribution < -0.4 is 0 Å². The highest BCUT2D eigenvalue weighted by atomic mass is 32.1. The number of carboxylic acids is 1. The van der Waals surface area contributed by atoms with Crippen molar-refractivity contribution in [2.75, 3.05) is 0 Å². The van der Waals surface area contributed by atoms with Crippen LogP contribution in [-0.2, 0) is 10.2 Å². The summed E-state index contributed by atoms with van der Waals surface area (Å²) in [6.45, 7) is 0. The molecule has 0 atom stereocenters. The molecule has 15 heavy (non-hydrogen) atoms. The van der Waals surface area contributed by atoms with Gasteiger partial charge in [0.25, 0.3) is 0 Å². The monoisotopic (exact) mass is 218 g/mol. The summed E-state index contributed by atoms with van der Waals surface area (Å²) in [6.07, 6.45) is 10.6. The summed E-state index contributed by atoms with van der Waals surface area (Å²) in [5.41, 5.74) is -0.431. The molecule has 1 heterocycles. The van der Waals surface area contributed by atoms with Gasteiger partial charge in [0.15, 0.2) is 0 Å². The topological polar surface area (TPSA) is 37.3 Å². The molecule has 0 aromatic carbocycles. The average molecular weight is 218 g/mol. The Hall–Kier alpha value is -1.71. The molecular weight excluding hydrogens is 208 g/mol. The standard InChI is InChI=1S/C12H10O2S/c1-3-6-12(7-4-2,11(13)14)10-5-8-15-9-10/h1-2,5,8-9H,6-7H2,(H,13,14). The Labute approximate surface area is 92.9 Å². The van der Waals surface area contributed by atoms with E-state index in [-0.39, 0.29) is 12.8 Å². The van der Waals surface area contributed by atoms with Crippen molar-refractivity contribution in [2.45, 2.75) is 18.3 Å². The number of aliphatic carboxylic acids is 1. The van der Waals surface area contributed by atoms with Crippen LogP contribution in [0.1, 0.15) is 18.4 Å². The highest BCUT2D eigenvalue weighted by Crippen LogP contribution is 2.33. The Balaban J connectivity index is 3.22. The van der Waals surface area contributed by atoms with E-state index in [0.717, 1.165) is 0 Å². The molecule has 1 N–H and O–H groups in total. The smallest absolute Gasteiger partial charge is 0.316 e. The molecule has 1 aromatic rings. The summed E-state index contributed by atoms with van der Waals surface area (Å²) >= 11 is 1.44. The lowest BCUT2D eigenvalue weighted by atomic mass is 9.76. The second-order valence-corrected chi connectivity index (χ2v) is 3.94. The van der Waals surface area contributed by atoms with Gasteiger partial charge in [0.1, 0.15) is 5.41 Å². The van der Waals surface area contributed by atoms with Gasteiger partial charge < -0.3 is 5.11 Å². The van der Waals surface area contributed by atoms with E-state index in [1.165, 1.54) is 11.3 Å². The zero-order valence-electron chi connectivity index (χ0n) is 8.06. The first kappa shape index (κ1) is 11.4. The summed E-state index contributed by atoms with van der Waals surface area (Å²) in [4.78, 5) is 11.3. The first-order valence-electron chi connectivity index (χ1n) is 4.30. The van der Waals surface area contributed by atoms with Crippen molar-refractivity contribution in [3.05, 3.63) is 22.4 Å². The average Bonchev–Trinajstić information content (AvgIpc) is 2.70. The minimum absolute atomic E-state index is 0.114. The quantitative estimate of drug-likeness (QED) is 0.786. The SMILES string of the molecule is C#CCC(CC#C)(C(=O)O)c1ccsc1. The molecular formula is C12H10O2S. The lowest BCUT2D eigenvalue weighted by Gasteiger charge is -2.24. The van der Waals surface area contributed by atoms with Crippen molar-refractivity contribution >= 4 is 17.3 Å². The summed E-state index contributed by atoms with van der Waals surface area (Å²) in [5.74, 6) is 3.82. The Bertz CT molecular complexity index is 401. The lowest BCUT2D eigenvalue weighted by Crippen LogP contribution is -2.34. The number of hydrogen-bond donors (Lipinski definition) is 1. The molecule has 3 heteroatoms. The molecule has 0 fully saturated rings. The van der Waals surface area contributed by atoms with Crippen LogP contribution in [0.3, 0.4) is 0 Å². The maximum absolute atomic E-state index is 11.3. The third-order valence-corrected chi connectivity index (χ3v) is 2.97. The van der Waals surface area contributed by atoms with Crippen LogP contribution in [0.25, 0.3) is 0 Å². The minimum atomic E-state index is -1.12. The molecule has 0 saturated carbocycles. The van der Waals surface area contributed by atoms with Crippen molar-refractivity contribution < 1.29 is 9.90 Å². The number of rotatable bonds is 4. The molecule has 1 aromatic heterocycles. The largest absolute Gasteiger partial charge is 0.481 e. The van der Waals surface area contributed by atoms with Crippen LogP contribution in [0.4, 0.5) is 0 Å². The molecule has 0 unspecified atom stereocenters. The Morgan fingerprint density at radius 3 is 2.40 bits per heavy atom. The van der Waals surface area contributed by atoms with E-state index in [4.69, 9.17) is 12.8 Å². The van der Waals surface area contributed by atoms with Gasteiger partial charge in [-0.25, -0.2) is 0 Å². The van der Waals surface area contributed by atoms with Gasteiger partial charge in [0.2, 0.25) is 0 Å². The van der Waals surface area contributed by atoms with Gasteiger partial charge in [0.05, 0.1) is 0 Å². The van der Waals surface area contributed by atoms with Crippen molar-refractivity contribution in [1.82, 2.24) is 0 Å². The van der Waals surface area contributed by atoms with E-state index in [2.05, 4.69) is 11.8 Å². The van der Waals surface area contributed by atoms with Gasteiger partial charge in [-0.15, -0.1) is 24.7 Å². The number of thiophene rings is 1.